The average molecular weight is 270 g/mol. The number of carbonyl (C=O) groups excluding carboxylic acids is 1. The Morgan fingerprint density at radius 1 is 1.00 bits per heavy atom. The molecule has 0 radical (unpaired) electrons. The first-order valence-corrected chi connectivity index (χ1v) is 6.01. The molecule has 102 valence electrons. The summed E-state index contributed by atoms with van der Waals surface area (Å²) in [4.78, 5) is 10.8. The van der Waals surface area contributed by atoms with Gasteiger partial charge in [0.2, 0.25) is 0 Å². The normalized spacial score (nSPS) is 10.2. The van der Waals surface area contributed by atoms with E-state index in [9.17, 15) is 20.1 Å². The van der Waals surface area contributed by atoms with Crippen LogP contribution in [0.2, 0.25) is 0 Å². The minimum absolute atomic E-state index is 0.0458. The van der Waals surface area contributed by atoms with Gasteiger partial charge in [-0.25, -0.2) is 0 Å². The van der Waals surface area contributed by atoms with E-state index in [2.05, 4.69) is 6.58 Å². The van der Waals surface area contributed by atoms with Crippen LogP contribution in [-0.4, -0.2) is 21.6 Å². The van der Waals surface area contributed by atoms with Crippen molar-refractivity contribution in [2.45, 2.75) is 6.42 Å². The Labute approximate surface area is 116 Å². The van der Waals surface area contributed by atoms with Gasteiger partial charge in [-0.05, 0) is 36.2 Å². The largest absolute Gasteiger partial charge is 0.507 e. The van der Waals surface area contributed by atoms with Crippen LogP contribution in [0.5, 0.6) is 17.2 Å². The fourth-order valence-electron chi connectivity index (χ4n) is 2.01. The van der Waals surface area contributed by atoms with Gasteiger partial charge in [0.05, 0.1) is 0 Å². The molecule has 0 atom stereocenters. The molecule has 2 rings (SSSR count). The maximum absolute atomic E-state index is 10.8. The van der Waals surface area contributed by atoms with Gasteiger partial charge in [0, 0.05) is 16.7 Å². The van der Waals surface area contributed by atoms with Gasteiger partial charge in [0.1, 0.15) is 12.0 Å². The second-order valence-electron chi connectivity index (χ2n) is 4.40. The second kappa shape index (κ2) is 5.48. The number of aldehydes is 1. The summed E-state index contributed by atoms with van der Waals surface area (Å²) in [6.45, 7) is 3.64. The van der Waals surface area contributed by atoms with E-state index in [-0.39, 0.29) is 22.6 Å². The van der Waals surface area contributed by atoms with Crippen LogP contribution in [0.25, 0.3) is 11.1 Å². The molecule has 0 fully saturated rings. The average Bonchev–Trinajstić information content (AvgIpc) is 2.44. The summed E-state index contributed by atoms with van der Waals surface area (Å²) in [5.41, 5.74) is 1.66. The van der Waals surface area contributed by atoms with Crippen molar-refractivity contribution >= 4 is 6.29 Å². The van der Waals surface area contributed by atoms with Crippen LogP contribution in [0.1, 0.15) is 15.9 Å². The summed E-state index contributed by atoms with van der Waals surface area (Å²) in [5, 5.41) is 29.5. The Morgan fingerprint density at radius 2 is 1.75 bits per heavy atom. The Balaban J connectivity index is 2.66. The molecule has 0 aliphatic heterocycles. The van der Waals surface area contributed by atoms with E-state index in [1.54, 1.807) is 18.2 Å². The molecule has 0 bridgehead atoms. The minimum atomic E-state index is -0.405. The standard InChI is InChI=1S/C16H14O4/c1-2-3-10-4-5-14(18)12(6-10)13-7-11(9-17)8-15(19)16(13)20/h2,4-9,18-20H,1,3H2. The monoisotopic (exact) mass is 270 g/mol. The number of phenols is 3. The van der Waals surface area contributed by atoms with Crippen molar-refractivity contribution in [1.82, 2.24) is 0 Å². The molecule has 0 aromatic heterocycles. The van der Waals surface area contributed by atoms with Crippen LogP contribution in [0.3, 0.4) is 0 Å². The van der Waals surface area contributed by atoms with Crippen molar-refractivity contribution in [3.63, 3.8) is 0 Å². The SMILES string of the molecule is C=CCc1ccc(O)c(-c2cc(C=O)cc(O)c2O)c1. The van der Waals surface area contributed by atoms with Gasteiger partial charge in [-0.3, -0.25) is 4.79 Å². The van der Waals surface area contributed by atoms with E-state index >= 15 is 0 Å². The molecule has 2 aromatic rings. The zero-order valence-corrected chi connectivity index (χ0v) is 10.7. The smallest absolute Gasteiger partial charge is 0.165 e. The first kappa shape index (κ1) is 13.7. The van der Waals surface area contributed by atoms with Gasteiger partial charge in [0.25, 0.3) is 0 Å². The van der Waals surface area contributed by atoms with Crippen molar-refractivity contribution < 1.29 is 20.1 Å². The molecule has 0 unspecified atom stereocenters. The number of hydrogen-bond donors (Lipinski definition) is 3. The van der Waals surface area contributed by atoms with E-state index in [0.717, 1.165) is 11.6 Å². The van der Waals surface area contributed by atoms with Gasteiger partial charge < -0.3 is 15.3 Å². The number of benzene rings is 2. The van der Waals surface area contributed by atoms with Crippen LogP contribution in [0, 0.1) is 0 Å². The molecule has 2 aromatic carbocycles. The van der Waals surface area contributed by atoms with Gasteiger partial charge in [0.15, 0.2) is 11.5 Å². The Kier molecular flexibility index (Phi) is 3.75. The molecule has 20 heavy (non-hydrogen) atoms. The topological polar surface area (TPSA) is 77.8 Å². The van der Waals surface area contributed by atoms with Gasteiger partial charge in [-0.15, -0.1) is 6.58 Å². The third kappa shape index (κ3) is 2.49. The zero-order chi connectivity index (χ0) is 14.7. The highest BCUT2D eigenvalue weighted by Gasteiger charge is 2.14. The second-order valence-corrected chi connectivity index (χ2v) is 4.40. The predicted octanol–water partition coefficient (Wildman–Crippen LogP) is 3.01. The summed E-state index contributed by atoms with van der Waals surface area (Å²) in [6, 6.07) is 7.49. The zero-order valence-electron chi connectivity index (χ0n) is 10.7. The maximum Gasteiger partial charge on any atom is 0.165 e. The fraction of sp³-hybridized carbons (Fsp3) is 0.0625. The Morgan fingerprint density at radius 3 is 2.40 bits per heavy atom. The van der Waals surface area contributed by atoms with E-state index < -0.39 is 5.75 Å². The van der Waals surface area contributed by atoms with Gasteiger partial charge in [-0.2, -0.15) is 0 Å². The van der Waals surface area contributed by atoms with Crippen LogP contribution < -0.4 is 0 Å². The summed E-state index contributed by atoms with van der Waals surface area (Å²) in [6.07, 6.45) is 2.88. The highest BCUT2D eigenvalue weighted by Crippen LogP contribution is 2.41. The number of phenolic OH excluding ortho intramolecular Hbond substituents is 3. The number of aromatic hydroxyl groups is 3. The van der Waals surface area contributed by atoms with Crippen molar-refractivity contribution in [2.24, 2.45) is 0 Å². The van der Waals surface area contributed by atoms with Crippen LogP contribution in [0.4, 0.5) is 0 Å². The summed E-state index contributed by atoms with van der Waals surface area (Å²) < 4.78 is 0. The van der Waals surface area contributed by atoms with Crippen molar-refractivity contribution in [3.8, 4) is 28.4 Å². The quantitative estimate of drug-likeness (QED) is 0.453. The molecule has 0 spiro atoms. The molecule has 4 nitrogen and oxygen atoms in total. The molecule has 0 aliphatic rings. The van der Waals surface area contributed by atoms with Crippen LogP contribution in [-0.2, 0) is 6.42 Å². The third-order valence-electron chi connectivity index (χ3n) is 2.98. The molecule has 0 saturated carbocycles. The number of rotatable bonds is 4. The van der Waals surface area contributed by atoms with Crippen molar-refractivity contribution in [3.05, 3.63) is 54.1 Å². The van der Waals surface area contributed by atoms with E-state index in [4.69, 9.17) is 0 Å². The molecule has 0 aliphatic carbocycles. The molecule has 0 amide bonds. The minimum Gasteiger partial charge on any atom is -0.507 e. The summed E-state index contributed by atoms with van der Waals surface area (Å²) in [5.74, 6) is -0.824. The molecule has 0 heterocycles. The lowest BCUT2D eigenvalue weighted by molar-refractivity contribution is 0.112. The maximum atomic E-state index is 10.8. The molecular formula is C16H14O4. The summed E-state index contributed by atoms with van der Waals surface area (Å²) >= 11 is 0. The number of hydrogen-bond acceptors (Lipinski definition) is 4. The van der Waals surface area contributed by atoms with Gasteiger partial charge >= 0.3 is 0 Å². The Hall–Kier alpha value is -2.75. The van der Waals surface area contributed by atoms with Crippen molar-refractivity contribution in [1.29, 1.82) is 0 Å². The fourth-order valence-corrected chi connectivity index (χ4v) is 2.01. The lowest BCUT2D eigenvalue weighted by Gasteiger charge is -2.11. The molecular weight excluding hydrogens is 256 g/mol. The van der Waals surface area contributed by atoms with Gasteiger partial charge in [-0.1, -0.05) is 12.1 Å². The number of carbonyl (C=O) groups is 1. The lowest BCUT2D eigenvalue weighted by atomic mass is 9.98. The first-order valence-electron chi connectivity index (χ1n) is 6.01. The van der Waals surface area contributed by atoms with E-state index in [1.165, 1.54) is 12.1 Å². The summed E-state index contributed by atoms with van der Waals surface area (Å²) in [7, 11) is 0. The van der Waals surface area contributed by atoms with Crippen LogP contribution >= 0.6 is 0 Å². The van der Waals surface area contributed by atoms with Crippen molar-refractivity contribution in [2.75, 3.05) is 0 Å². The lowest BCUT2D eigenvalue weighted by Crippen LogP contribution is -1.88. The van der Waals surface area contributed by atoms with E-state index in [1.807, 2.05) is 0 Å². The predicted molar refractivity (Wildman–Crippen MR) is 76.2 cm³/mol. The molecule has 4 heteroatoms. The highest BCUT2D eigenvalue weighted by molar-refractivity contribution is 5.85. The van der Waals surface area contributed by atoms with Crippen LogP contribution in [0.15, 0.2) is 43.0 Å². The third-order valence-corrected chi connectivity index (χ3v) is 2.98. The number of allylic oxidation sites excluding steroid dienone is 1. The Bertz CT molecular complexity index is 674. The van der Waals surface area contributed by atoms with E-state index in [0.29, 0.717) is 18.3 Å². The highest BCUT2D eigenvalue weighted by atomic mass is 16.3. The molecule has 3 N–H and O–H groups in total. The molecule has 0 saturated heterocycles. The first-order chi connectivity index (χ1) is 9.56.